The fraction of sp³-hybridized carbons (Fsp3) is 0.667. The second kappa shape index (κ2) is 5.80. The maximum absolute atomic E-state index is 8.95. The lowest BCUT2D eigenvalue weighted by Gasteiger charge is -2.26. The number of nitrogens with one attached hydrogen (secondary N) is 1. The summed E-state index contributed by atoms with van der Waals surface area (Å²) in [6.45, 7) is 6.40. The largest absolute Gasteiger partial charge is 0.396 e. The van der Waals surface area contributed by atoms with Gasteiger partial charge in [0.1, 0.15) is 12.1 Å². The van der Waals surface area contributed by atoms with Gasteiger partial charge in [-0.25, -0.2) is 9.97 Å². The second-order valence-corrected chi connectivity index (χ2v) is 4.63. The van der Waals surface area contributed by atoms with Crippen LogP contribution in [0.15, 0.2) is 12.4 Å². The molecule has 0 aliphatic heterocycles. The van der Waals surface area contributed by atoms with E-state index in [9.17, 15) is 0 Å². The molecule has 0 saturated heterocycles. The van der Waals surface area contributed by atoms with E-state index in [0.29, 0.717) is 6.42 Å². The highest BCUT2D eigenvalue weighted by molar-refractivity contribution is 5.37. The zero-order valence-electron chi connectivity index (χ0n) is 10.3. The number of nitrogens with zero attached hydrogens (tertiary/aromatic N) is 2. The minimum Gasteiger partial charge on any atom is -0.396 e. The summed E-state index contributed by atoms with van der Waals surface area (Å²) < 4.78 is 0. The Labute approximate surface area is 97.1 Å². The van der Waals surface area contributed by atoms with Crippen molar-refractivity contribution in [3.8, 4) is 0 Å². The molecule has 0 bridgehead atoms. The van der Waals surface area contributed by atoms with Crippen molar-refractivity contribution in [1.82, 2.24) is 9.97 Å². The van der Waals surface area contributed by atoms with Gasteiger partial charge in [-0.2, -0.15) is 0 Å². The highest BCUT2D eigenvalue weighted by atomic mass is 16.3. The fourth-order valence-corrected chi connectivity index (χ4v) is 1.55. The van der Waals surface area contributed by atoms with E-state index in [4.69, 9.17) is 5.11 Å². The highest BCUT2D eigenvalue weighted by Gasteiger charge is 2.17. The van der Waals surface area contributed by atoms with Crippen LogP contribution in [0.1, 0.15) is 39.3 Å². The zero-order valence-corrected chi connectivity index (χ0v) is 10.3. The van der Waals surface area contributed by atoms with Crippen LogP contribution in [0.3, 0.4) is 0 Å². The van der Waals surface area contributed by atoms with Crippen molar-refractivity contribution in [1.29, 1.82) is 0 Å². The predicted molar refractivity (Wildman–Crippen MR) is 65.4 cm³/mol. The van der Waals surface area contributed by atoms with Crippen LogP contribution in [0, 0.1) is 0 Å². The Kier molecular flexibility index (Phi) is 4.68. The molecule has 0 spiro atoms. The first kappa shape index (κ1) is 12.9. The molecule has 0 atom stereocenters. The summed E-state index contributed by atoms with van der Waals surface area (Å²) in [6, 6.07) is 1.97. The van der Waals surface area contributed by atoms with Gasteiger partial charge in [-0.05, 0) is 26.7 Å². The maximum Gasteiger partial charge on any atom is 0.130 e. The summed E-state index contributed by atoms with van der Waals surface area (Å²) in [5, 5.41) is 12.3. The number of anilines is 1. The molecule has 4 heteroatoms. The summed E-state index contributed by atoms with van der Waals surface area (Å²) in [6.07, 6.45) is 4.33. The summed E-state index contributed by atoms with van der Waals surface area (Å²) in [5.74, 6) is 0.830. The second-order valence-electron chi connectivity index (χ2n) is 4.63. The maximum atomic E-state index is 8.95. The lowest BCUT2D eigenvalue weighted by Crippen LogP contribution is -2.32. The summed E-state index contributed by atoms with van der Waals surface area (Å²) in [5.41, 5.74) is 0.909. The standard InChI is InChI=1S/C12H21N3O/c1-4-5-10-8-11(14-9-13-10)15-12(2,3)6-7-16/h8-9,16H,4-7H2,1-3H3,(H,13,14,15). The van der Waals surface area contributed by atoms with Crippen LogP contribution >= 0.6 is 0 Å². The van der Waals surface area contributed by atoms with Gasteiger partial charge in [0.15, 0.2) is 0 Å². The van der Waals surface area contributed by atoms with Gasteiger partial charge in [-0.15, -0.1) is 0 Å². The molecule has 1 aromatic heterocycles. The predicted octanol–water partition coefficient (Wildman–Crippen LogP) is 2.00. The van der Waals surface area contributed by atoms with E-state index in [1.807, 2.05) is 19.9 Å². The van der Waals surface area contributed by atoms with Crippen molar-refractivity contribution in [2.24, 2.45) is 0 Å². The van der Waals surface area contributed by atoms with Crippen LogP contribution in [-0.2, 0) is 6.42 Å². The van der Waals surface area contributed by atoms with Gasteiger partial charge in [0.05, 0.1) is 0 Å². The molecular weight excluding hydrogens is 202 g/mol. The first-order valence-electron chi connectivity index (χ1n) is 5.77. The van der Waals surface area contributed by atoms with Gasteiger partial charge in [0.2, 0.25) is 0 Å². The van der Waals surface area contributed by atoms with Gasteiger partial charge in [-0.3, -0.25) is 0 Å². The molecule has 0 aromatic carbocycles. The molecule has 16 heavy (non-hydrogen) atoms. The van der Waals surface area contributed by atoms with Crippen molar-refractivity contribution in [3.05, 3.63) is 18.1 Å². The van der Waals surface area contributed by atoms with Crippen molar-refractivity contribution < 1.29 is 5.11 Å². The Hall–Kier alpha value is -1.16. The first-order chi connectivity index (χ1) is 7.57. The molecule has 0 radical (unpaired) electrons. The lowest BCUT2D eigenvalue weighted by molar-refractivity contribution is 0.260. The van der Waals surface area contributed by atoms with Crippen LogP contribution in [0.2, 0.25) is 0 Å². The highest BCUT2D eigenvalue weighted by Crippen LogP contribution is 2.16. The molecule has 0 amide bonds. The smallest absolute Gasteiger partial charge is 0.130 e. The summed E-state index contributed by atoms with van der Waals surface area (Å²) >= 11 is 0. The lowest BCUT2D eigenvalue weighted by atomic mass is 10.0. The Bertz CT molecular complexity index is 326. The number of aliphatic hydroxyl groups is 1. The Morgan fingerprint density at radius 3 is 2.75 bits per heavy atom. The number of aliphatic hydroxyl groups excluding tert-OH is 1. The molecule has 0 aliphatic rings. The van der Waals surface area contributed by atoms with Gasteiger partial charge < -0.3 is 10.4 Å². The van der Waals surface area contributed by atoms with Gasteiger partial charge >= 0.3 is 0 Å². The van der Waals surface area contributed by atoms with Crippen LogP contribution in [0.25, 0.3) is 0 Å². The van der Waals surface area contributed by atoms with E-state index in [2.05, 4.69) is 22.2 Å². The molecule has 0 unspecified atom stereocenters. The van der Waals surface area contributed by atoms with Gasteiger partial charge in [0.25, 0.3) is 0 Å². The van der Waals surface area contributed by atoms with E-state index in [1.165, 1.54) is 0 Å². The molecular formula is C12H21N3O. The quantitative estimate of drug-likeness (QED) is 0.774. The van der Waals surface area contributed by atoms with Crippen molar-refractivity contribution >= 4 is 5.82 Å². The number of hydrogen-bond acceptors (Lipinski definition) is 4. The van der Waals surface area contributed by atoms with E-state index in [-0.39, 0.29) is 12.1 Å². The first-order valence-corrected chi connectivity index (χ1v) is 5.77. The molecule has 1 heterocycles. The molecule has 0 fully saturated rings. The topological polar surface area (TPSA) is 58.0 Å². The van der Waals surface area contributed by atoms with Crippen LogP contribution in [0.5, 0.6) is 0 Å². The third-order valence-electron chi connectivity index (χ3n) is 2.43. The fourth-order valence-electron chi connectivity index (χ4n) is 1.55. The van der Waals surface area contributed by atoms with E-state index in [0.717, 1.165) is 24.4 Å². The minimum atomic E-state index is -0.146. The van der Waals surface area contributed by atoms with Crippen molar-refractivity contribution in [3.63, 3.8) is 0 Å². The molecule has 4 nitrogen and oxygen atoms in total. The summed E-state index contributed by atoms with van der Waals surface area (Å²) in [4.78, 5) is 8.39. The molecule has 2 N–H and O–H groups in total. The minimum absolute atomic E-state index is 0.146. The van der Waals surface area contributed by atoms with E-state index < -0.39 is 0 Å². The number of aromatic nitrogens is 2. The molecule has 1 aromatic rings. The zero-order chi connectivity index (χ0) is 12.0. The third-order valence-corrected chi connectivity index (χ3v) is 2.43. The normalized spacial score (nSPS) is 11.5. The number of rotatable bonds is 6. The van der Waals surface area contributed by atoms with Crippen LogP contribution in [-0.4, -0.2) is 27.2 Å². The Morgan fingerprint density at radius 2 is 2.12 bits per heavy atom. The molecule has 90 valence electrons. The Morgan fingerprint density at radius 1 is 1.38 bits per heavy atom. The SMILES string of the molecule is CCCc1cc(NC(C)(C)CCO)ncn1. The Balaban J connectivity index is 2.69. The van der Waals surface area contributed by atoms with E-state index >= 15 is 0 Å². The van der Waals surface area contributed by atoms with E-state index in [1.54, 1.807) is 6.33 Å². The van der Waals surface area contributed by atoms with Crippen molar-refractivity contribution in [2.45, 2.75) is 45.6 Å². The van der Waals surface area contributed by atoms with Crippen molar-refractivity contribution in [2.75, 3.05) is 11.9 Å². The number of hydrogen-bond donors (Lipinski definition) is 2. The van der Waals surface area contributed by atoms with Crippen LogP contribution in [0.4, 0.5) is 5.82 Å². The average molecular weight is 223 g/mol. The van der Waals surface area contributed by atoms with Gasteiger partial charge in [-0.1, -0.05) is 13.3 Å². The van der Waals surface area contributed by atoms with Gasteiger partial charge in [0, 0.05) is 23.9 Å². The van der Waals surface area contributed by atoms with Crippen LogP contribution < -0.4 is 5.32 Å². The third kappa shape index (κ3) is 4.14. The molecule has 1 rings (SSSR count). The monoisotopic (exact) mass is 223 g/mol. The average Bonchev–Trinajstić information content (AvgIpc) is 2.17. The molecule has 0 aliphatic carbocycles. The number of aryl methyl sites for hydroxylation is 1. The summed E-state index contributed by atoms with van der Waals surface area (Å²) in [7, 11) is 0. The molecule has 0 saturated carbocycles.